The van der Waals surface area contributed by atoms with Crippen LogP contribution in [-0.2, 0) is 19.1 Å². The summed E-state index contributed by atoms with van der Waals surface area (Å²) in [5.41, 5.74) is -2.16. The maximum absolute atomic E-state index is 13.8. The van der Waals surface area contributed by atoms with Crippen LogP contribution in [0.2, 0.25) is 0 Å². The molecule has 3 amide bonds. The van der Waals surface area contributed by atoms with E-state index in [9.17, 15) is 19.5 Å². The molecule has 1 N–H and O–H groups in total. The third kappa shape index (κ3) is 3.22. The van der Waals surface area contributed by atoms with E-state index in [4.69, 9.17) is 4.74 Å². The number of fused-ring (bicyclic) bond motifs is 2. The zero-order chi connectivity index (χ0) is 22.4. The number of aliphatic hydroxyl groups excluding tert-OH is 1. The number of carbonyl (C=O) groups is 3. The molecule has 31 heavy (non-hydrogen) atoms. The van der Waals surface area contributed by atoms with Gasteiger partial charge in [-0.2, -0.15) is 0 Å². The van der Waals surface area contributed by atoms with Gasteiger partial charge < -0.3 is 24.5 Å². The van der Waals surface area contributed by atoms with Crippen molar-refractivity contribution in [2.24, 2.45) is 11.8 Å². The Labute approximate surface area is 183 Å². The highest BCUT2D eigenvalue weighted by atomic mass is 16.5. The molecule has 8 heteroatoms. The molecule has 0 radical (unpaired) electrons. The summed E-state index contributed by atoms with van der Waals surface area (Å²) in [7, 11) is 1.73. The highest BCUT2D eigenvalue weighted by Crippen LogP contribution is 2.57. The SMILES string of the molecule is CCCCN1CC=C[C@]23O[C@@]4(C)C=CCN(C)C(=O)[C@H]4[C@H]2C(=O)N(CCCO)C3C1=O. The predicted molar refractivity (Wildman–Crippen MR) is 114 cm³/mol. The summed E-state index contributed by atoms with van der Waals surface area (Å²) in [6.07, 6.45) is 9.76. The fourth-order valence-corrected chi connectivity index (χ4v) is 5.72. The van der Waals surface area contributed by atoms with Gasteiger partial charge in [0.1, 0.15) is 11.6 Å². The number of hydrogen-bond acceptors (Lipinski definition) is 5. The first kappa shape index (κ1) is 22.0. The largest absolute Gasteiger partial charge is 0.396 e. The number of likely N-dealkylation sites (N-methyl/N-ethyl adjacent to an activating group) is 1. The average molecular weight is 432 g/mol. The first-order valence-electron chi connectivity index (χ1n) is 11.3. The van der Waals surface area contributed by atoms with E-state index in [0.29, 0.717) is 26.1 Å². The number of amides is 3. The topological polar surface area (TPSA) is 90.4 Å². The lowest BCUT2D eigenvalue weighted by molar-refractivity contribution is -0.152. The van der Waals surface area contributed by atoms with Crippen molar-refractivity contribution in [2.45, 2.75) is 50.4 Å². The van der Waals surface area contributed by atoms with Crippen molar-refractivity contribution >= 4 is 17.7 Å². The van der Waals surface area contributed by atoms with E-state index in [0.717, 1.165) is 12.8 Å². The molecule has 0 aromatic carbocycles. The molecule has 4 aliphatic rings. The minimum atomic E-state index is -1.19. The first-order chi connectivity index (χ1) is 14.8. The van der Waals surface area contributed by atoms with Gasteiger partial charge in [0.25, 0.3) is 0 Å². The Kier molecular flexibility index (Phi) is 5.72. The van der Waals surface area contributed by atoms with Crippen LogP contribution in [0.25, 0.3) is 0 Å². The molecular weight excluding hydrogens is 398 g/mol. The number of unbranched alkanes of at least 4 members (excludes halogenated alkanes) is 1. The molecule has 5 atom stereocenters. The summed E-state index contributed by atoms with van der Waals surface area (Å²) in [5, 5.41) is 9.39. The molecule has 0 aliphatic carbocycles. The van der Waals surface area contributed by atoms with Crippen LogP contribution in [0.5, 0.6) is 0 Å². The second-order valence-corrected chi connectivity index (χ2v) is 9.27. The van der Waals surface area contributed by atoms with Gasteiger partial charge in [0, 0.05) is 39.8 Å². The number of aliphatic hydroxyl groups is 1. The minimum Gasteiger partial charge on any atom is -0.396 e. The van der Waals surface area contributed by atoms with E-state index in [1.807, 2.05) is 31.2 Å². The predicted octanol–water partition coefficient (Wildman–Crippen LogP) is 0.566. The summed E-state index contributed by atoms with van der Waals surface area (Å²) in [6, 6.07) is -0.831. The number of likely N-dealkylation sites (tertiary alicyclic amines) is 1. The van der Waals surface area contributed by atoms with Crippen LogP contribution in [0.15, 0.2) is 24.3 Å². The van der Waals surface area contributed by atoms with Crippen LogP contribution < -0.4 is 0 Å². The van der Waals surface area contributed by atoms with E-state index in [1.54, 1.807) is 21.7 Å². The molecule has 170 valence electrons. The molecule has 1 spiro atoms. The van der Waals surface area contributed by atoms with Gasteiger partial charge in [-0.15, -0.1) is 0 Å². The number of ether oxygens (including phenoxy) is 1. The van der Waals surface area contributed by atoms with Gasteiger partial charge >= 0.3 is 0 Å². The summed E-state index contributed by atoms with van der Waals surface area (Å²) >= 11 is 0. The quantitative estimate of drug-likeness (QED) is 0.621. The molecule has 2 fully saturated rings. The lowest BCUT2D eigenvalue weighted by Crippen LogP contribution is -2.56. The smallest absolute Gasteiger partial charge is 0.249 e. The molecule has 1 unspecified atom stereocenters. The van der Waals surface area contributed by atoms with Crippen LogP contribution in [0.4, 0.5) is 0 Å². The lowest BCUT2D eigenvalue weighted by Gasteiger charge is -2.37. The minimum absolute atomic E-state index is 0.0792. The van der Waals surface area contributed by atoms with Gasteiger partial charge in [-0.1, -0.05) is 37.6 Å². The standard InChI is InChI=1S/C23H33N3O5/c1-4-5-12-25-13-7-10-23-17(20(29)26(14-8-15-27)18(23)21(25)30)16-19(28)24(3)11-6-9-22(16,2)31-23/h6-7,9-10,16-18,27H,4-5,8,11-15H2,1-3H3/t16-,17+,18?,22+,23+/m1/s1. The molecule has 4 rings (SSSR count). The Morgan fingerprint density at radius 3 is 2.48 bits per heavy atom. The third-order valence-corrected chi connectivity index (χ3v) is 7.18. The van der Waals surface area contributed by atoms with Crippen LogP contribution in [0.3, 0.4) is 0 Å². The number of nitrogens with zero attached hydrogens (tertiary/aromatic N) is 3. The number of hydrogen-bond donors (Lipinski definition) is 1. The van der Waals surface area contributed by atoms with E-state index in [-0.39, 0.29) is 30.9 Å². The van der Waals surface area contributed by atoms with Crippen molar-refractivity contribution in [2.75, 3.05) is 39.8 Å². The Bertz CT molecular complexity index is 826. The van der Waals surface area contributed by atoms with E-state index in [2.05, 4.69) is 6.92 Å². The normalized spacial score (nSPS) is 37.1. The fraction of sp³-hybridized carbons (Fsp3) is 0.696. The van der Waals surface area contributed by atoms with Crippen molar-refractivity contribution in [1.29, 1.82) is 0 Å². The van der Waals surface area contributed by atoms with Crippen molar-refractivity contribution in [3.05, 3.63) is 24.3 Å². The Morgan fingerprint density at radius 1 is 1.03 bits per heavy atom. The van der Waals surface area contributed by atoms with Crippen LogP contribution in [0.1, 0.15) is 33.1 Å². The molecule has 4 aliphatic heterocycles. The third-order valence-electron chi connectivity index (χ3n) is 7.18. The molecule has 0 aromatic heterocycles. The molecule has 8 nitrogen and oxygen atoms in total. The lowest BCUT2D eigenvalue weighted by atomic mass is 9.74. The fourth-order valence-electron chi connectivity index (χ4n) is 5.72. The van der Waals surface area contributed by atoms with Crippen LogP contribution >= 0.6 is 0 Å². The number of rotatable bonds is 6. The summed E-state index contributed by atoms with van der Waals surface area (Å²) in [4.78, 5) is 45.8. The van der Waals surface area contributed by atoms with Crippen LogP contribution in [0, 0.1) is 11.8 Å². The second kappa shape index (κ2) is 8.06. The Morgan fingerprint density at radius 2 is 1.77 bits per heavy atom. The highest BCUT2D eigenvalue weighted by molar-refractivity contribution is 6.00. The molecule has 4 heterocycles. The maximum atomic E-state index is 13.8. The van der Waals surface area contributed by atoms with Gasteiger partial charge in [0.05, 0.1) is 17.4 Å². The Hall–Kier alpha value is -2.19. The average Bonchev–Trinajstić information content (AvgIpc) is 3.01. The van der Waals surface area contributed by atoms with Crippen molar-refractivity contribution in [1.82, 2.24) is 14.7 Å². The first-order valence-corrected chi connectivity index (χ1v) is 11.3. The van der Waals surface area contributed by atoms with Gasteiger partial charge in [0.2, 0.25) is 17.7 Å². The summed E-state index contributed by atoms with van der Waals surface area (Å²) in [5.74, 6) is -2.00. The zero-order valence-electron chi connectivity index (χ0n) is 18.6. The van der Waals surface area contributed by atoms with Gasteiger partial charge in [-0.25, -0.2) is 0 Å². The molecule has 0 saturated carbocycles. The molecule has 0 bridgehead atoms. The molecule has 0 aromatic rings. The van der Waals surface area contributed by atoms with E-state index < -0.39 is 29.1 Å². The Balaban J connectivity index is 1.82. The summed E-state index contributed by atoms with van der Waals surface area (Å²) in [6.45, 7) is 5.63. The second-order valence-electron chi connectivity index (χ2n) is 9.27. The molecular formula is C23H33N3O5. The van der Waals surface area contributed by atoms with Crippen molar-refractivity contribution < 1.29 is 24.2 Å². The zero-order valence-corrected chi connectivity index (χ0v) is 18.6. The number of carbonyl (C=O) groups excluding carboxylic acids is 3. The van der Waals surface area contributed by atoms with E-state index in [1.165, 1.54) is 0 Å². The van der Waals surface area contributed by atoms with Gasteiger partial charge in [-0.05, 0) is 19.8 Å². The van der Waals surface area contributed by atoms with Gasteiger partial charge in [0.15, 0.2) is 0 Å². The van der Waals surface area contributed by atoms with Crippen molar-refractivity contribution in [3.63, 3.8) is 0 Å². The van der Waals surface area contributed by atoms with Crippen molar-refractivity contribution in [3.8, 4) is 0 Å². The summed E-state index contributed by atoms with van der Waals surface area (Å²) < 4.78 is 6.66. The van der Waals surface area contributed by atoms with Gasteiger partial charge in [-0.3, -0.25) is 14.4 Å². The maximum Gasteiger partial charge on any atom is 0.249 e. The molecule has 2 saturated heterocycles. The monoisotopic (exact) mass is 431 g/mol. The highest BCUT2D eigenvalue weighted by Gasteiger charge is 2.74. The van der Waals surface area contributed by atoms with Crippen LogP contribution in [-0.4, -0.2) is 94.6 Å². The van der Waals surface area contributed by atoms with E-state index >= 15 is 0 Å².